The van der Waals surface area contributed by atoms with E-state index in [4.69, 9.17) is 0 Å². The number of hydrogen-bond donors (Lipinski definition) is 2. The van der Waals surface area contributed by atoms with E-state index in [2.05, 4.69) is 32.6 Å². The molecule has 0 unspecified atom stereocenters. The van der Waals surface area contributed by atoms with Gasteiger partial charge in [-0.3, -0.25) is 4.79 Å². The van der Waals surface area contributed by atoms with Gasteiger partial charge >= 0.3 is 0 Å². The van der Waals surface area contributed by atoms with Crippen LogP contribution in [0.25, 0.3) is 0 Å². The van der Waals surface area contributed by atoms with Crippen LogP contribution in [0.4, 0.5) is 0 Å². The number of aromatic nitrogens is 4. The van der Waals surface area contributed by atoms with E-state index in [9.17, 15) is 4.79 Å². The van der Waals surface area contributed by atoms with E-state index in [1.807, 2.05) is 5.38 Å². The van der Waals surface area contributed by atoms with Gasteiger partial charge in [0.25, 0.3) is 5.91 Å². The molecule has 2 aromatic heterocycles. The van der Waals surface area contributed by atoms with Crippen molar-refractivity contribution in [1.29, 1.82) is 0 Å². The number of nitrogens with one attached hydrogen (secondary N) is 2. The SMILES string of the molecule is CCc1nc(CCNC(=O)c2n[nH]nc2C)cs1. The summed E-state index contributed by atoms with van der Waals surface area (Å²) in [6.07, 6.45) is 1.69. The zero-order chi connectivity index (χ0) is 13.0. The maximum Gasteiger partial charge on any atom is 0.273 e. The van der Waals surface area contributed by atoms with Crippen LogP contribution in [-0.4, -0.2) is 32.8 Å². The second-order valence-corrected chi connectivity index (χ2v) is 4.79. The lowest BCUT2D eigenvalue weighted by Crippen LogP contribution is -2.26. The largest absolute Gasteiger partial charge is 0.350 e. The van der Waals surface area contributed by atoms with Crippen LogP contribution in [0.1, 0.15) is 33.8 Å². The van der Waals surface area contributed by atoms with E-state index >= 15 is 0 Å². The molecule has 0 saturated heterocycles. The van der Waals surface area contributed by atoms with Crippen molar-refractivity contribution in [3.8, 4) is 0 Å². The fourth-order valence-electron chi connectivity index (χ4n) is 1.51. The number of nitrogens with zero attached hydrogens (tertiary/aromatic N) is 3. The quantitative estimate of drug-likeness (QED) is 0.848. The molecule has 2 N–H and O–H groups in total. The molecule has 96 valence electrons. The van der Waals surface area contributed by atoms with Gasteiger partial charge in [0.2, 0.25) is 0 Å². The molecular weight excluding hydrogens is 250 g/mol. The van der Waals surface area contributed by atoms with Crippen LogP contribution >= 0.6 is 11.3 Å². The molecule has 1 amide bonds. The standard InChI is InChI=1S/C11H15N5OS/c1-3-9-13-8(6-18-9)4-5-12-11(17)10-7(2)14-16-15-10/h6H,3-5H2,1-2H3,(H,12,17)(H,14,15,16). The van der Waals surface area contributed by atoms with Gasteiger partial charge in [-0.2, -0.15) is 15.4 Å². The van der Waals surface area contributed by atoms with Gasteiger partial charge in [-0.1, -0.05) is 6.92 Å². The van der Waals surface area contributed by atoms with Crippen LogP contribution in [0.3, 0.4) is 0 Å². The first kappa shape index (κ1) is 12.7. The number of H-pyrrole nitrogens is 1. The molecular formula is C11H15N5OS. The Bertz CT molecular complexity index is 533. The Kier molecular flexibility index (Phi) is 4.03. The van der Waals surface area contributed by atoms with E-state index in [-0.39, 0.29) is 5.91 Å². The van der Waals surface area contributed by atoms with Crippen LogP contribution < -0.4 is 5.32 Å². The first-order chi connectivity index (χ1) is 8.70. The Hall–Kier alpha value is -1.76. The minimum absolute atomic E-state index is 0.202. The molecule has 0 bridgehead atoms. The zero-order valence-corrected chi connectivity index (χ0v) is 11.2. The van der Waals surface area contributed by atoms with Crippen LogP contribution in [0, 0.1) is 6.92 Å². The average Bonchev–Trinajstić information content (AvgIpc) is 2.97. The first-order valence-electron chi connectivity index (χ1n) is 5.79. The normalized spacial score (nSPS) is 10.6. The van der Waals surface area contributed by atoms with E-state index in [1.54, 1.807) is 18.3 Å². The summed E-state index contributed by atoms with van der Waals surface area (Å²) in [5.41, 5.74) is 1.98. The van der Waals surface area contributed by atoms with Crippen molar-refractivity contribution >= 4 is 17.2 Å². The molecule has 0 saturated carbocycles. The second-order valence-electron chi connectivity index (χ2n) is 3.85. The Balaban J connectivity index is 1.82. The lowest BCUT2D eigenvalue weighted by molar-refractivity contribution is 0.0948. The summed E-state index contributed by atoms with van der Waals surface area (Å²) in [6, 6.07) is 0. The molecule has 7 heteroatoms. The summed E-state index contributed by atoms with van der Waals surface area (Å²) < 4.78 is 0. The Morgan fingerprint density at radius 1 is 1.50 bits per heavy atom. The van der Waals surface area contributed by atoms with Crippen molar-refractivity contribution < 1.29 is 4.79 Å². The molecule has 0 radical (unpaired) electrons. The van der Waals surface area contributed by atoms with Gasteiger partial charge in [0.1, 0.15) is 0 Å². The molecule has 0 aliphatic heterocycles. The van der Waals surface area contributed by atoms with Crippen molar-refractivity contribution in [2.45, 2.75) is 26.7 Å². The van der Waals surface area contributed by atoms with Crippen LogP contribution in [-0.2, 0) is 12.8 Å². The lowest BCUT2D eigenvalue weighted by atomic mass is 10.3. The van der Waals surface area contributed by atoms with Gasteiger partial charge in [-0.05, 0) is 13.3 Å². The predicted molar refractivity (Wildman–Crippen MR) is 68.6 cm³/mol. The topological polar surface area (TPSA) is 83.6 Å². The Morgan fingerprint density at radius 2 is 2.33 bits per heavy atom. The highest BCUT2D eigenvalue weighted by atomic mass is 32.1. The van der Waals surface area contributed by atoms with Gasteiger partial charge in [0, 0.05) is 18.3 Å². The summed E-state index contributed by atoms with van der Waals surface area (Å²) in [5, 5.41) is 16.0. The van der Waals surface area contributed by atoms with Crippen molar-refractivity contribution in [3.05, 3.63) is 27.5 Å². The maximum atomic E-state index is 11.7. The molecule has 6 nitrogen and oxygen atoms in total. The molecule has 2 aromatic rings. The summed E-state index contributed by atoms with van der Waals surface area (Å²) in [6.45, 7) is 4.38. The van der Waals surface area contributed by atoms with Crippen molar-refractivity contribution in [2.24, 2.45) is 0 Å². The molecule has 0 aromatic carbocycles. The van der Waals surface area contributed by atoms with E-state index in [0.29, 0.717) is 17.9 Å². The summed E-state index contributed by atoms with van der Waals surface area (Å²) in [7, 11) is 0. The zero-order valence-electron chi connectivity index (χ0n) is 10.4. The van der Waals surface area contributed by atoms with Gasteiger partial charge in [0.05, 0.1) is 16.4 Å². The summed E-state index contributed by atoms with van der Waals surface area (Å²) in [5.74, 6) is -0.202. The highest BCUT2D eigenvalue weighted by molar-refractivity contribution is 7.09. The van der Waals surface area contributed by atoms with Gasteiger partial charge in [-0.25, -0.2) is 4.98 Å². The highest BCUT2D eigenvalue weighted by Crippen LogP contribution is 2.10. The van der Waals surface area contributed by atoms with Gasteiger partial charge in [-0.15, -0.1) is 11.3 Å². The number of carbonyl (C=O) groups is 1. The monoisotopic (exact) mass is 265 g/mol. The van der Waals surface area contributed by atoms with Gasteiger partial charge in [0.15, 0.2) is 5.69 Å². The molecule has 0 atom stereocenters. The molecule has 0 aliphatic rings. The molecule has 0 aliphatic carbocycles. The van der Waals surface area contributed by atoms with Crippen LogP contribution in [0.5, 0.6) is 0 Å². The van der Waals surface area contributed by atoms with E-state index in [0.717, 1.165) is 23.5 Å². The number of aryl methyl sites for hydroxylation is 2. The number of rotatable bonds is 5. The number of amides is 1. The number of carbonyl (C=O) groups excluding carboxylic acids is 1. The molecule has 18 heavy (non-hydrogen) atoms. The van der Waals surface area contributed by atoms with E-state index in [1.165, 1.54) is 0 Å². The van der Waals surface area contributed by atoms with Crippen molar-refractivity contribution in [1.82, 2.24) is 25.7 Å². The minimum Gasteiger partial charge on any atom is -0.350 e. The summed E-state index contributed by atoms with van der Waals surface area (Å²) in [4.78, 5) is 16.2. The van der Waals surface area contributed by atoms with Crippen molar-refractivity contribution in [3.63, 3.8) is 0 Å². The highest BCUT2D eigenvalue weighted by Gasteiger charge is 2.12. The number of thiazole rings is 1. The maximum absolute atomic E-state index is 11.7. The fourth-order valence-corrected chi connectivity index (χ4v) is 2.29. The second kappa shape index (κ2) is 5.72. The third-order valence-corrected chi connectivity index (χ3v) is 3.55. The third kappa shape index (κ3) is 2.92. The third-order valence-electron chi connectivity index (χ3n) is 2.51. The van der Waals surface area contributed by atoms with Crippen molar-refractivity contribution in [2.75, 3.05) is 6.54 Å². The van der Waals surface area contributed by atoms with Crippen LogP contribution in [0.15, 0.2) is 5.38 Å². The molecule has 2 heterocycles. The smallest absolute Gasteiger partial charge is 0.273 e. The van der Waals surface area contributed by atoms with Gasteiger partial charge < -0.3 is 5.32 Å². The molecule has 2 rings (SSSR count). The lowest BCUT2D eigenvalue weighted by Gasteiger charge is -2.01. The minimum atomic E-state index is -0.202. The average molecular weight is 265 g/mol. The fraction of sp³-hybridized carbons (Fsp3) is 0.455. The molecule has 0 fully saturated rings. The number of hydrogen-bond acceptors (Lipinski definition) is 5. The van der Waals surface area contributed by atoms with Crippen LogP contribution in [0.2, 0.25) is 0 Å². The summed E-state index contributed by atoms with van der Waals surface area (Å²) >= 11 is 1.66. The first-order valence-corrected chi connectivity index (χ1v) is 6.67. The number of aromatic amines is 1. The predicted octanol–water partition coefficient (Wildman–Crippen LogP) is 1.10. The molecule has 0 spiro atoms. The Morgan fingerprint density at radius 3 is 2.94 bits per heavy atom. The Labute approximate surface area is 109 Å². The van der Waals surface area contributed by atoms with E-state index < -0.39 is 0 Å².